The zero-order valence-corrected chi connectivity index (χ0v) is 9.18. The van der Waals surface area contributed by atoms with Crippen LogP contribution in [0.5, 0.6) is 0 Å². The number of rotatable bonds is 1. The maximum absolute atomic E-state index is 5.41. The summed E-state index contributed by atoms with van der Waals surface area (Å²) < 4.78 is 7.96. The van der Waals surface area contributed by atoms with E-state index >= 15 is 0 Å². The largest absolute Gasteiger partial charge is 0.448 e. The summed E-state index contributed by atoms with van der Waals surface area (Å²) >= 11 is 3.26. The van der Waals surface area contributed by atoms with Gasteiger partial charge >= 0.3 is 0 Å². The molecule has 0 spiro atoms. The maximum Gasteiger partial charge on any atom is 0.234 e. The third-order valence-corrected chi connectivity index (χ3v) is 2.49. The fraction of sp³-hybridized carbons (Fsp3) is 0. The molecule has 0 N–H and O–H groups in total. The summed E-state index contributed by atoms with van der Waals surface area (Å²) in [6.07, 6.45) is 5.49. The molecule has 4 nitrogen and oxygen atoms in total. The van der Waals surface area contributed by atoms with Gasteiger partial charge in [-0.1, -0.05) is 0 Å². The number of hydrogen-bond acceptors (Lipinski definition) is 3. The third kappa shape index (κ3) is 1.45. The molecular formula is C10H6BrN3O. The highest BCUT2D eigenvalue weighted by Gasteiger charge is 2.07. The van der Waals surface area contributed by atoms with Gasteiger partial charge in [0.15, 0.2) is 10.4 Å². The first-order chi connectivity index (χ1) is 7.33. The van der Waals surface area contributed by atoms with E-state index in [4.69, 9.17) is 4.42 Å². The third-order valence-electron chi connectivity index (χ3n) is 2.06. The van der Waals surface area contributed by atoms with E-state index in [2.05, 4.69) is 25.9 Å². The van der Waals surface area contributed by atoms with Crippen molar-refractivity contribution in [3.05, 3.63) is 41.5 Å². The molecule has 0 amide bonds. The normalized spacial score (nSPS) is 11.0. The predicted octanol–water partition coefficient (Wildman–Crippen LogP) is 2.75. The Bertz CT molecular complexity index is 581. The van der Waals surface area contributed by atoms with Gasteiger partial charge in [-0.05, 0) is 34.1 Å². The Labute approximate surface area is 93.7 Å². The molecule has 3 heterocycles. The second-order valence-electron chi connectivity index (χ2n) is 3.06. The van der Waals surface area contributed by atoms with E-state index in [1.165, 1.54) is 0 Å². The average molecular weight is 264 g/mol. The van der Waals surface area contributed by atoms with Crippen molar-refractivity contribution in [2.75, 3.05) is 0 Å². The fourth-order valence-electron chi connectivity index (χ4n) is 1.40. The highest BCUT2D eigenvalue weighted by Crippen LogP contribution is 2.23. The van der Waals surface area contributed by atoms with Gasteiger partial charge in [0.2, 0.25) is 5.78 Å². The van der Waals surface area contributed by atoms with Crippen molar-refractivity contribution in [2.24, 2.45) is 0 Å². The molecule has 3 aromatic rings. The number of hydrogen-bond donors (Lipinski definition) is 0. The highest BCUT2D eigenvalue weighted by atomic mass is 79.9. The molecule has 0 bridgehead atoms. The summed E-state index contributed by atoms with van der Waals surface area (Å²) in [5.74, 6) is 1.40. The first-order valence-electron chi connectivity index (χ1n) is 4.38. The lowest BCUT2D eigenvalue weighted by Gasteiger charge is -1.86. The lowest BCUT2D eigenvalue weighted by molar-refractivity contribution is 0.554. The van der Waals surface area contributed by atoms with Crippen LogP contribution in [0.4, 0.5) is 0 Å². The van der Waals surface area contributed by atoms with Gasteiger partial charge in [0.1, 0.15) is 5.69 Å². The molecule has 0 fully saturated rings. The molecule has 15 heavy (non-hydrogen) atoms. The zero-order chi connectivity index (χ0) is 10.3. The number of fused-ring (bicyclic) bond motifs is 1. The lowest BCUT2D eigenvalue weighted by atomic mass is 10.4. The van der Waals surface area contributed by atoms with Crippen molar-refractivity contribution in [2.45, 2.75) is 0 Å². The Morgan fingerprint density at radius 1 is 1.33 bits per heavy atom. The summed E-state index contributed by atoms with van der Waals surface area (Å²) in [4.78, 5) is 8.47. The van der Waals surface area contributed by atoms with Crippen LogP contribution in [0.3, 0.4) is 0 Å². The molecule has 0 aliphatic rings. The van der Waals surface area contributed by atoms with Crippen LogP contribution in [0, 0.1) is 0 Å². The quantitative estimate of drug-likeness (QED) is 0.678. The number of halogens is 1. The lowest BCUT2D eigenvalue weighted by Crippen LogP contribution is -1.82. The van der Waals surface area contributed by atoms with Crippen molar-refractivity contribution < 1.29 is 4.42 Å². The molecule has 74 valence electrons. The topological polar surface area (TPSA) is 43.3 Å². The van der Waals surface area contributed by atoms with Crippen molar-refractivity contribution in [3.63, 3.8) is 0 Å². The Morgan fingerprint density at radius 3 is 3.00 bits per heavy atom. The second kappa shape index (κ2) is 3.20. The first kappa shape index (κ1) is 8.67. The van der Waals surface area contributed by atoms with Crippen LogP contribution in [-0.4, -0.2) is 14.4 Å². The van der Waals surface area contributed by atoms with Crippen LogP contribution in [0.25, 0.3) is 17.2 Å². The Hall–Kier alpha value is -1.62. The summed E-state index contributed by atoms with van der Waals surface area (Å²) in [5.41, 5.74) is 0.777. The van der Waals surface area contributed by atoms with Crippen LogP contribution < -0.4 is 0 Å². The van der Waals surface area contributed by atoms with E-state index in [1.54, 1.807) is 6.20 Å². The number of nitrogens with zero attached hydrogens (tertiary/aromatic N) is 3. The van der Waals surface area contributed by atoms with Gasteiger partial charge in [0.25, 0.3) is 0 Å². The minimum atomic E-state index is 0.667. The van der Waals surface area contributed by atoms with Crippen LogP contribution in [0.1, 0.15) is 0 Å². The molecule has 3 aromatic heterocycles. The summed E-state index contributed by atoms with van der Waals surface area (Å²) in [7, 11) is 0. The van der Waals surface area contributed by atoms with Crippen molar-refractivity contribution >= 4 is 21.7 Å². The highest BCUT2D eigenvalue weighted by molar-refractivity contribution is 9.10. The fourth-order valence-corrected chi connectivity index (χ4v) is 1.71. The van der Waals surface area contributed by atoms with Crippen molar-refractivity contribution in [3.8, 4) is 11.5 Å². The van der Waals surface area contributed by atoms with Gasteiger partial charge in [-0.2, -0.15) is 0 Å². The minimum Gasteiger partial charge on any atom is -0.448 e. The summed E-state index contributed by atoms with van der Waals surface area (Å²) in [6, 6.07) is 5.56. The molecule has 0 unspecified atom stereocenters. The second-order valence-corrected chi connectivity index (χ2v) is 3.84. The number of aromatic nitrogens is 3. The van der Waals surface area contributed by atoms with Crippen LogP contribution >= 0.6 is 15.9 Å². The predicted molar refractivity (Wildman–Crippen MR) is 58.4 cm³/mol. The van der Waals surface area contributed by atoms with E-state index in [0.717, 1.165) is 11.5 Å². The summed E-state index contributed by atoms with van der Waals surface area (Å²) in [5, 5.41) is 0. The molecule has 3 rings (SSSR count). The van der Waals surface area contributed by atoms with Gasteiger partial charge in [-0.15, -0.1) is 0 Å². The van der Waals surface area contributed by atoms with Gasteiger partial charge < -0.3 is 4.42 Å². The van der Waals surface area contributed by atoms with E-state index < -0.39 is 0 Å². The molecule has 0 aliphatic carbocycles. The molecule has 0 aromatic carbocycles. The van der Waals surface area contributed by atoms with E-state index in [1.807, 2.05) is 35.0 Å². The van der Waals surface area contributed by atoms with Crippen molar-refractivity contribution in [1.29, 1.82) is 0 Å². The Balaban J connectivity index is 2.19. The maximum atomic E-state index is 5.41. The standard InChI is InChI=1S/C10H6BrN3O/c11-9-3-2-8(15-9)7-6-14-5-1-4-12-10(14)13-7/h1-6H. The summed E-state index contributed by atoms with van der Waals surface area (Å²) in [6.45, 7) is 0. The van der Waals surface area contributed by atoms with Crippen LogP contribution in [0.2, 0.25) is 0 Å². The minimum absolute atomic E-state index is 0.667. The Morgan fingerprint density at radius 2 is 2.27 bits per heavy atom. The molecule has 5 heteroatoms. The molecular weight excluding hydrogens is 258 g/mol. The van der Waals surface area contributed by atoms with Gasteiger partial charge in [-0.25, -0.2) is 9.97 Å². The van der Waals surface area contributed by atoms with Crippen LogP contribution in [-0.2, 0) is 0 Å². The van der Waals surface area contributed by atoms with E-state index in [-0.39, 0.29) is 0 Å². The molecule has 0 saturated heterocycles. The van der Waals surface area contributed by atoms with E-state index in [0.29, 0.717) is 10.4 Å². The van der Waals surface area contributed by atoms with Crippen molar-refractivity contribution in [1.82, 2.24) is 14.4 Å². The van der Waals surface area contributed by atoms with Crippen LogP contribution in [0.15, 0.2) is 45.9 Å². The van der Waals surface area contributed by atoms with Gasteiger partial charge in [0, 0.05) is 18.6 Å². The molecule has 0 aliphatic heterocycles. The zero-order valence-electron chi connectivity index (χ0n) is 7.59. The molecule has 0 radical (unpaired) electrons. The number of imidazole rings is 1. The molecule has 0 saturated carbocycles. The SMILES string of the molecule is Brc1ccc(-c2cn3cccnc3n2)o1. The Kier molecular flexibility index (Phi) is 1.85. The average Bonchev–Trinajstić information content (AvgIpc) is 2.82. The number of furan rings is 1. The first-order valence-corrected chi connectivity index (χ1v) is 5.18. The van der Waals surface area contributed by atoms with E-state index in [9.17, 15) is 0 Å². The van der Waals surface area contributed by atoms with Gasteiger partial charge in [0.05, 0.1) is 0 Å². The smallest absolute Gasteiger partial charge is 0.234 e. The molecule has 0 atom stereocenters. The van der Waals surface area contributed by atoms with Gasteiger partial charge in [-0.3, -0.25) is 4.40 Å². The monoisotopic (exact) mass is 263 g/mol.